The number of nitro benzene ring substituents is 1. The molecule has 0 saturated heterocycles. The molecule has 2 aromatic carbocycles. The molecule has 29 heavy (non-hydrogen) atoms. The van der Waals surface area contributed by atoms with Crippen molar-refractivity contribution in [3.05, 3.63) is 73.4 Å². The molecule has 1 aliphatic heterocycles. The number of rotatable bonds is 4. The summed E-state index contributed by atoms with van der Waals surface area (Å²) >= 11 is 6.07. The molecule has 0 bridgehead atoms. The first-order valence-corrected chi connectivity index (χ1v) is 8.80. The highest BCUT2D eigenvalue weighted by Gasteiger charge is 2.26. The number of hydrogen-bond acceptors (Lipinski definition) is 7. The van der Waals surface area contributed by atoms with Crippen molar-refractivity contribution in [2.45, 2.75) is 20.8 Å². The number of hydrogen-bond donors (Lipinski definition) is 0. The van der Waals surface area contributed by atoms with Gasteiger partial charge in [-0.3, -0.25) is 14.9 Å². The van der Waals surface area contributed by atoms with Gasteiger partial charge >= 0.3 is 11.9 Å². The van der Waals surface area contributed by atoms with Crippen LogP contribution in [-0.2, 0) is 14.3 Å². The van der Waals surface area contributed by atoms with E-state index in [2.05, 4.69) is 4.99 Å². The molecule has 1 aliphatic rings. The molecule has 2 aromatic rings. The Bertz CT molecular complexity index is 1100. The minimum Gasteiger partial charge on any atom is -0.426 e. The minimum absolute atomic E-state index is 0.0360. The van der Waals surface area contributed by atoms with E-state index in [1.165, 1.54) is 25.1 Å². The molecule has 148 valence electrons. The molecule has 8 nitrogen and oxygen atoms in total. The number of benzene rings is 2. The lowest BCUT2D eigenvalue weighted by molar-refractivity contribution is -0.384. The van der Waals surface area contributed by atoms with Crippen LogP contribution >= 0.6 is 11.6 Å². The third-order valence-electron chi connectivity index (χ3n) is 4.05. The van der Waals surface area contributed by atoms with Crippen LogP contribution in [0.15, 0.2) is 41.0 Å². The fourth-order valence-corrected chi connectivity index (χ4v) is 3.10. The first-order chi connectivity index (χ1) is 13.7. The van der Waals surface area contributed by atoms with E-state index in [1.54, 1.807) is 26.0 Å². The van der Waals surface area contributed by atoms with Gasteiger partial charge in [0.05, 0.1) is 15.5 Å². The number of esters is 2. The van der Waals surface area contributed by atoms with Gasteiger partial charge in [0.15, 0.2) is 5.70 Å². The largest absolute Gasteiger partial charge is 0.426 e. The normalized spacial score (nSPS) is 14.6. The molecule has 3 rings (SSSR count). The van der Waals surface area contributed by atoms with Crippen molar-refractivity contribution in [1.82, 2.24) is 0 Å². The number of cyclic esters (lactones) is 1. The fourth-order valence-electron chi connectivity index (χ4n) is 2.85. The van der Waals surface area contributed by atoms with Crippen LogP contribution in [0.3, 0.4) is 0 Å². The Hall–Kier alpha value is -3.52. The molecule has 1 heterocycles. The molecule has 0 atom stereocenters. The van der Waals surface area contributed by atoms with Gasteiger partial charge < -0.3 is 9.47 Å². The van der Waals surface area contributed by atoms with Crippen molar-refractivity contribution in [3.8, 4) is 5.75 Å². The smallest absolute Gasteiger partial charge is 0.363 e. The van der Waals surface area contributed by atoms with E-state index in [9.17, 15) is 19.7 Å². The van der Waals surface area contributed by atoms with E-state index in [-0.39, 0.29) is 27.9 Å². The molecule has 0 N–H and O–H groups in total. The van der Waals surface area contributed by atoms with E-state index in [0.29, 0.717) is 11.3 Å². The topological polar surface area (TPSA) is 108 Å². The van der Waals surface area contributed by atoms with Gasteiger partial charge in [-0.05, 0) is 54.8 Å². The second-order valence-electron chi connectivity index (χ2n) is 6.33. The van der Waals surface area contributed by atoms with Crippen molar-refractivity contribution in [2.24, 2.45) is 4.99 Å². The van der Waals surface area contributed by atoms with Gasteiger partial charge in [-0.2, -0.15) is 0 Å². The summed E-state index contributed by atoms with van der Waals surface area (Å²) in [6, 6.07) is 7.28. The van der Waals surface area contributed by atoms with Gasteiger partial charge in [0.2, 0.25) is 5.90 Å². The second kappa shape index (κ2) is 7.84. The van der Waals surface area contributed by atoms with Crippen LogP contribution in [0.25, 0.3) is 6.08 Å². The molecule has 0 saturated carbocycles. The highest BCUT2D eigenvalue weighted by Crippen LogP contribution is 2.29. The summed E-state index contributed by atoms with van der Waals surface area (Å²) in [6.45, 7) is 4.89. The second-order valence-corrected chi connectivity index (χ2v) is 6.74. The molecule has 0 aromatic heterocycles. The van der Waals surface area contributed by atoms with Crippen LogP contribution < -0.4 is 4.74 Å². The molecule has 0 fully saturated rings. The van der Waals surface area contributed by atoms with E-state index in [0.717, 1.165) is 17.2 Å². The number of carbonyl (C=O) groups is 2. The summed E-state index contributed by atoms with van der Waals surface area (Å²) in [7, 11) is 0. The molecule has 9 heteroatoms. The maximum absolute atomic E-state index is 12.2. The lowest BCUT2D eigenvalue weighted by Gasteiger charge is -2.10. The molecule has 0 amide bonds. The van der Waals surface area contributed by atoms with Crippen molar-refractivity contribution < 1.29 is 24.0 Å². The van der Waals surface area contributed by atoms with Crippen LogP contribution in [-0.4, -0.2) is 22.8 Å². The minimum atomic E-state index is -0.672. The molecule has 0 aliphatic carbocycles. The Labute approximate surface area is 170 Å². The van der Waals surface area contributed by atoms with E-state index < -0.39 is 16.9 Å². The Morgan fingerprint density at radius 3 is 2.45 bits per heavy atom. The summed E-state index contributed by atoms with van der Waals surface area (Å²) < 4.78 is 10.4. The van der Waals surface area contributed by atoms with Gasteiger partial charge in [0, 0.05) is 19.1 Å². The number of aliphatic imine (C=N–C) groups is 1. The number of halogens is 1. The molecule has 0 spiro atoms. The third-order valence-corrected chi connectivity index (χ3v) is 4.36. The fraction of sp³-hybridized carbons (Fsp3) is 0.150. The Balaban J connectivity index is 1.95. The Morgan fingerprint density at radius 1 is 1.24 bits per heavy atom. The zero-order chi connectivity index (χ0) is 21.3. The SMILES string of the molecule is CC(=O)Oc1c(C)cc(/C=C2\N=C(c3ccc([N+](=O)[O-])cc3Cl)OC2=O)cc1C. The first kappa shape index (κ1) is 20.2. The predicted octanol–water partition coefficient (Wildman–Crippen LogP) is 4.13. The Kier molecular flexibility index (Phi) is 5.47. The van der Waals surface area contributed by atoms with Crippen molar-refractivity contribution in [2.75, 3.05) is 0 Å². The third kappa shape index (κ3) is 4.33. The summed E-state index contributed by atoms with van der Waals surface area (Å²) in [5.74, 6) is -0.661. The summed E-state index contributed by atoms with van der Waals surface area (Å²) in [5.41, 5.74) is 2.25. The van der Waals surface area contributed by atoms with Gasteiger partial charge in [0.1, 0.15) is 5.75 Å². The average Bonchev–Trinajstić information content (AvgIpc) is 2.98. The molecular weight excluding hydrogens is 400 g/mol. The maximum atomic E-state index is 12.2. The van der Waals surface area contributed by atoms with E-state index in [1.807, 2.05) is 0 Å². The standard InChI is InChI=1S/C20H15ClN2O6/c1-10-6-13(7-11(2)18(10)28-12(3)24)8-17-20(25)29-19(22-17)15-5-4-14(23(26)27)9-16(15)21/h4-9H,1-3H3/b17-8-. The van der Waals surface area contributed by atoms with Crippen LogP contribution in [0.4, 0.5) is 5.69 Å². The highest BCUT2D eigenvalue weighted by atomic mass is 35.5. The number of non-ortho nitro benzene ring substituents is 1. The lowest BCUT2D eigenvalue weighted by Crippen LogP contribution is -2.06. The summed E-state index contributed by atoms with van der Waals surface area (Å²) in [4.78, 5) is 37.8. The van der Waals surface area contributed by atoms with Crippen LogP contribution in [0.2, 0.25) is 5.02 Å². The van der Waals surface area contributed by atoms with Crippen LogP contribution in [0.5, 0.6) is 5.75 Å². The predicted molar refractivity (Wildman–Crippen MR) is 106 cm³/mol. The zero-order valence-electron chi connectivity index (χ0n) is 15.7. The van der Waals surface area contributed by atoms with Crippen LogP contribution in [0.1, 0.15) is 29.2 Å². The number of nitrogens with zero attached hydrogens (tertiary/aromatic N) is 2. The van der Waals surface area contributed by atoms with E-state index >= 15 is 0 Å². The summed E-state index contributed by atoms with van der Waals surface area (Å²) in [5, 5.41) is 10.9. The molecule has 0 radical (unpaired) electrons. The number of ether oxygens (including phenoxy) is 2. The van der Waals surface area contributed by atoms with Crippen molar-refractivity contribution in [3.63, 3.8) is 0 Å². The number of aryl methyl sites for hydroxylation is 2. The zero-order valence-corrected chi connectivity index (χ0v) is 16.4. The maximum Gasteiger partial charge on any atom is 0.363 e. The Morgan fingerprint density at radius 2 is 1.90 bits per heavy atom. The molecule has 0 unspecified atom stereocenters. The monoisotopic (exact) mass is 414 g/mol. The van der Waals surface area contributed by atoms with Crippen LogP contribution in [0, 0.1) is 24.0 Å². The summed E-state index contributed by atoms with van der Waals surface area (Å²) in [6.07, 6.45) is 1.53. The number of nitro groups is 1. The van der Waals surface area contributed by atoms with Gasteiger partial charge in [0.25, 0.3) is 5.69 Å². The average molecular weight is 415 g/mol. The number of carbonyl (C=O) groups excluding carboxylic acids is 2. The van der Waals surface area contributed by atoms with Crippen molar-refractivity contribution >= 4 is 41.2 Å². The first-order valence-electron chi connectivity index (χ1n) is 8.42. The molecular formula is C20H15ClN2O6. The van der Waals surface area contributed by atoms with Gasteiger partial charge in [-0.1, -0.05) is 11.6 Å². The lowest BCUT2D eigenvalue weighted by atomic mass is 10.0. The highest BCUT2D eigenvalue weighted by molar-refractivity contribution is 6.34. The van der Waals surface area contributed by atoms with E-state index in [4.69, 9.17) is 21.1 Å². The van der Waals surface area contributed by atoms with Gasteiger partial charge in [-0.15, -0.1) is 0 Å². The quantitative estimate of drug-likeness (QED) is 0.244. The van der Waals surface area contributed by atoms with Crippen molar-refractivity contribution in [1.29, 1.82) is 0 Å². The van der Waals surface area contributed by atoms with Gasteiger partial charge in [-0.25, -0.2) is 9.79 Å².